The maximum Gasteiger partial charge on any atom is 0.0483 e. The highest BCUT2D eigenvalue weighted by molar-refractivity contribution is 9.10. The van der Waals surface area contributed by atoms with Gasteiger partial charge in [0.2, 0.25) is 0 Å². The molecule has 0 atom stereocenters. The fourth-order valence-electron chi connectivity index (χ4n) is 1.84. The van der Waals surface area contributed by atoms with Gasteiger partial charge in [-0.15, -0.1) is 0 Å². The first-order valence-electron chi connectivity index (χ1n) is 4.61. The van der Waals surface area contributed by atoms with Crippen LogP contribution in [0.3, 0.4) is 0 Å². The van der Waals surface area contributed by atoms with Crippen LogP contribution in [0.15, 0.2) is 30.3 Å². The summed E-state index contributed by atoms with van der Waals surface area (Å²) in [5.74, 6) is 0. The summed E-state index contributed by atoms with van der Waals surface area (Å²) in [6.45, 7) is 5.64. The summed E-state index contributed by atoms with van der Waals surface area (Å²) in [5, 5.41) is 0. The zero-order valence-electron chi connectivity index (χ0n) is 7.83. The molecule has 0 N–H and O–H groups in total. The molecule has 1 fully saturated rings. The smallest absolute Gasteiger partial charge is 0.0483 e. The maximum atomic E-state index is 3.68. The van der Waals surface area contributed by atoms with Gasteiger partial charge in [0.1, 0.15) is 0 Å². The number of hydrogen-bond acceptors (Lipinski definition) is 1. The van der Waals surface area contributed by atoms with Gasteiger partial charge in [0, 0.05) is 24.0 Å². The molecule has 2 heteroatoms. The van der Waals surface area contributed by atoms with E-state index in [-0.39, 0.29) is 0 Å². The Bertz CT molecular complexity index is 273. The Balaban J connectivity index is 1.88. The molecular weight excluding hydrogens is 226 g/mol. The molecule has 0 spiro atoms. The van der Waals surface area contributed by atoms with Crippen LogP contribution in [0.25, 0.3) is 0 Å². The standard InChI is InChI=1S/C11H14BrN/c1-11(12)8-13(9-11)7-10-5-3-2-4-6-10/h2-6H,7-9H2,1H3. The summed E-state index contributed by atoms with van der Waals surface area (Å²) in [5.41, 5.74) is 1.41. The van der Waals surface area contributed by atoms with Crippen molar-refractivity contribution < 1.29 is 0 Å². The topological polar surface area (TPSA) is 3.24 Å². The molecule has 1 nitrogen and oxygen atoms in total. The fourth-order valence-corrected chi connectivity index (χ4v) is 2.55. The Morgan fingerprint density at radius 3 is 2.46 bits per heavy atom. The van der Waals surface area contributed by atoms with Crippen molar-refractivity contribution in [3.05, 3.63) is 35.9 Å². The second-order valence-corrected chi connectivity index (χ2v) is 5.96. The molecule has 1 aromatic rings. The first-order valence-corrected chi connectivity index (χ1v) is 5.40. The van der Waals surface area contributed by atoms with E-state index in [2.05, 4.69) is 58.1 Å². The number of halogens is 1. The van der Waals surface area contributed by atoms with E-state index in [0.29, 0.717) is 4.32 Å². The summed E-state index contributed by atoms with van der Waals surface area (Å²) >= 11 is 3.68. The van der Waals surface area contributed by atoms with Gasteiger partial charge in [-0.2, -0.15) is 0 Å². The van der Waals surface area contributed by atoms with Crippen molar-refractivity contribution in [2.24, 2.45) is 0 Å². The normalized spacial score (nSPS) is 21.1. The van der Waals surface area contributed by atoms with E-state index in [1.807, 2.05) is 0 Å². The summed E-state index contributed by atoms with van der Waals surface area (Å²) in [4.78, 5) is 2.45. The molecule has 0 aliphatic carbocycles. The lowest BCUT2D eigenvalue weighted by Crippen LogP contribution is -2.55. The van der Waals surface area contributed by atoms with Gasteiger partial charge in [-0.1, -0.05) is 46.3 Å². The van der Waals surface area contributed by atoms with Crippen LogP contribution in [-0.4, -0.2) is 22.3 Å². The average Bonchev–Trinajstić information content (AvgIpc) is 2.03. The van der Waals surface area contributed by atoms with E-state index >= 15 is 0 Å². The minimum Gasteiger partial charge on any atom is -0.296 e. The zero-order valence-corrected chi connectivity index (χ0v) is 9.42. The van der Waals surface area contributed by atoms with Crippen LogP contribution in [0.4, 0.5) is 0 Å². The van der Waals surface area contributed by atoms with Crippen LogP contribution in [0.5, 0.6) is 0 Å². The summed E-state index contributed by atoms with van der Waals surface area (Å²) in [7, 11) is 0. The number of alkyl halides is 1. The van der Waals surface area contributed by atoms with Crippen molar-refractivity contribution in [3.8, 4) is 0 Å². The molecule has 70 valence electrons. The van der Waals surface area contributed by atoms with Crippen LogP contribution in [0.1, 0.15) is 12.5 Å². The van der Waals surface area contributed by atoms with Gasteiger partial charge in [0.25, 0.3) is 0 Å². The Kier molecular flexibility index (Phi) is 2.43. The van der Waals surface area contributed by atoms with E-state index in [4.69, 9.17) is 0 Å². The number of nitrogens with zero attached hydrogens (tertiary/aromatic N) is 1. The summed E-state index contributed by atoms with van der Waals surface area (Å²) in [6, 6.07) is 10.6. The van der Waals surface area contributed by atoms with Gasteiger partial charge in [-0.05, 0) is 12.5 Å². The molecule has 2 rings (SSSR count). The predicted molar refractivity (Wildman–Crippen MR) is 59.1 cm³/mol. The minimum atomic E-state index is 0.363. The lowest BCUT2D eigenvalue weighted by Gasteiger charge is -2.44. The Morgan fingerprint density at radius 1 is 1.31 bits per heavy atom. The van der Waals surface area contributed by atoms with Crippen LogP contribution in [-0.2, 0) is 6.54 Å². The van der Waals surface area contributed by atoms with Gasteiger partial charge >= 0.3 is 0 Å². The average molecular weight is 240 g/mol. The van der Waals surface area contributed by atoms with Crippen molar-refractivity contribution in [1.29, 1.82) is 0 Å². The Morgan fingerprint density at radius 2 is 1.92 bits per heavy atom. The first-order chi connectivity index (χ1) is 6.16. The third-order valence-corrected chi connectivity index (χ3v) is 2.86. The minimum absolute atomic E-state index is 0.363. The molecule has 0 saturated carbocycles. The Labute approximate surface area is 87.9 Å². The molecule has 1 aliphatic rings. The maximum absolute atomic E-state index is 3.68. The largest absolute Gasteiger partial charge is 0.296 e. The molecule has 13 heavy (non-hydrogen) atoms. The zero-order chi connectivity index (χ0) is 9.31. The van der Waals surface area contributed by atoms with Crippen LogP contribution >= 0.6 is 15.9 Å². The van der Waals surface area contributed by atoms with Gasteiger partial charge in [-0.25, -0.2) is 0 Å². The molecular formula is C11H14BrN. The highest BCUT2D eigenvalue weighted by Crippen LogP contribution is 2.30. The summed E-state index contributed by atoms with van der Waals surface area (Å²) < 4.78 is 0.363. The second-order valence-electron chi connectivity index (χ2n) is 4.04. The molecule has 1 aliphatic heterocycles. The number of hydrogen-bond donors (Lipinski definition) is 0. The van der Waals surface area contributed by atoms with Crippen molar-refractivity contribution in [2.75, 3.05) is 13.1 Å². The van der Waals surface area contributed by atoms with E-state index in [1.165, 1.54) is 5.56 Å². The van der Waals surface area contributed by atoms with E-state index in [1.54, 1.807) is 0 Å². The third kappa shape index (κ3) is 2.32. The lowest BCUT2D eigenvalue weighted by atomic mass is 10.0. The molecule has 0 bridgehead atoms. The molecule has 0 amide bonds. The quantitative estimate of drug-likeness (QED) is 0.718. The predicted octanol–water partition coefficient (Wildman–Crippen LogP) is 2.66. The van der Waals surface area contributed by atoms with Gasteiger partial charge < -0.3 is 0 Å². The van der Waals surface area contributed by atoms with Crippen LogP contribution < -0.4 is 0 Å². The number of likely N-dealkylation sites (tertiary alicyclic amines) is 1. The van der Waals surface area contributed by atoms with E-state index in [9.17, 15) is 0 Å². The molecule has 1 saturated heterocycles. The van der Waals surface area contributed by atoms with Crippen LogP contribution in [0, 0.1) is 0 Å². The van der Waals surface area contributed by atoms with Gasteiger partial charge in [0.05, 0.1) is 0 Å². The second kappa shape index (κ2) is 3.43. The molecule has 1 aromatic carbocycles. The highest BCUT2D eigenvalue weighted by Gasteiger charge is 2.35. The van der Waals surface area contributed by atoms with Crippen molar-refractivity contribution >= 4 is 15.9 Å². The monoisotopic (exact) mass is 239 g/mol. The van der Waals surface area contributed by atoms with Crippen molar-refractivity contribution in [1.82, 2.24) is 4.90 Å². The highest BCUT2D eigenvalue weighted by atomic mass is 79.9. The molecule has 1 heterocycles. The van der Waals surface area contributed by atoms with E-state index in [0.717, 1.165) is 19.6 Å². The van der Waals surface area contributed by atoms with E-state index < -0.39 is 0 Å². The first kappa shape index (κ1) is 9.22. The van der Waals surface area contributed by atoms with Gasteiger partial charge in [0.15, 0.2) is 0 Å². The summed E-state index contributed by atoms with van der Waals surface area (Å²) in [6.07, 6.45) is 0. The molecule has 0 unspecified atom stereocenters. The van der Waals surface area contributed by atoms with Crippen LogP contribution in [0.2, 0.25) is 0 Å². The van der Waals surface area contributed by atoms with Crippen molar-refractivity contribution in [2.45, 2.75) is 17.8 Å². The fraction of sp³-hybridized carbons (Fsp3) is 0.455. The number of rotatable bonds is 2. The van der Waals surface area contributed by atoms with Crippen molar-refractivity contribution in [3.63, 3.8) is 0 Å². The Hall–Kier alpha value is -0.340. The molecule has 0 aromatic heterocycles. The number of benzene rings is 1. The van der Waals surface area contributed by atoms with Gasteiger partial charge in [-0.3, -0.25) is 4.90 Å². The SMILES string of the molecule is CC1(Br)CN(Cc2ccccc2)C1. The molecule has 0 radical (unpaired) electrons. The lowest BCUT2D eigenvalue weighted by molar-refractivity contribution is 0.133. The third-order valence-electron chi connectivity index (χ3n) is 2.36.